The number of carbonyl (C=O) groups excluding carboxylic acids is 1. The number of aliphatic hydroxyl groups is 1. The van der Waals surface area contributed by atoms with E-state index in [4.69, 9.17) is 0 Å². The highest BCUT2D eigenvalue weighted by molar-refractivity contribution is 5.75. The van der Waals surface area contributed by atoms with Gasteiger partial charge in [0.15, 0.2) is 0 Å². The largest absolute Gasteiger partial charge is 0.393 e. The molecule has 0 aromatic carbocycles. The van der Waals surface area contributed by atoms with E-state index < -0.39 is 0 Å². The van der Waals surface area contributed by atoms with E-state index in [2.05, 4.69) is 0 Å². The zero-order valence-corrected chi connectivity index (χ0v) is 9.35. The van der Waals surface area contributed by atoms with Crippen LogP contribution in [0.15, 0.2) is 0 Å². The molecular formula is C11H20N2O2. The van der Waals surface area contributed by atoms with Crippen LogP contribution in [-0.2, 0) is 0 Å². The fraction of sp³-hybridized carbons (Fsp3) is 0.909. The molecule has 1 aliphatic heterocycles. The zero-order valence-electron chi connectivity index (χ0n) is 9.35. The van der Waals surface area contributed by atoms with Crippen LogP contribution in [0.4, 0.5) is 4.79 Å². The number of hydrogen-bond donors (Lipinski definition) is 1. The fourth-order valence-corrected chi connectivity index (χ4v) is 2.60. The molecule has 86 valence electrons. The average molecular weight is 212 g/mol. The number of aliphatic hydroxyl groups excluding tert-OH is 1. The number of hydrogen-bond acceptors (Lipinski definition) is 2. The van der Waals surface area contributed by atoms with Crippen molar-refractivity contribution >= 4 is 6.03 Å². The first-order chi connectivity index (χ1) is 7.18. The minimum atomic E-state index is -0.140. The molecule has 0 radical (unpaired) electrons. The third-order valence-electron chi connectivity index (χ3n) is 3.57. The van der Waals surface area contributed by atoms with Crippen LogP contribution in [0.2, 0.25) is 0 Å². The van der Waals surface area contributed by atoms with E-state index in [9.17, 15) is 9.90 Å². The summed E-state index contributed by atoms with van der Waals surface area (Å²) < 4.78 is 0. The second-order valence-electron chi connectivity index (χ2n) is 4.71. The van der Waals surface area contributed by atoms with Gasteiger partial charge in [-0.2, -0.15) is 0 Å². The highest BCUT2D eigenvalue weighted by Crippen LogP contribution is 2.25. The fourth-order valence-electron chi connectivity index (χ4n) is 2.60. The van der Waals surface area contributed by atoms with Gasteiger partial charge in [-0.3, -0.25) is 0 Å². The molecule has 4 nitrogen and oxygen atoms in total. The molecule has 0 aromatic rings. The zero-order chi connectivity index (χ0) is 10.8. The number of nitrogens with zero attached hydrogens (tertiary/aromatic N) is 2. The van der Waals surface area contributed by atoms with Crippen molar-refractivity contribution in [3.05, 3.63) is 0 Å². The van der Waals surface area contributed by atoms with Crippen molar-refractivity contribution in [2.45, 2.75) is 44.2 Å². The van der Waals surface area contributed by atoms with Gasteiger partial charge in [0.05, 0.1) is 6.10 Å². The second-order valence-corrected chi connectivity index (χ2v) is 4.71. The van der Waals surface area contributed by atoms with E-state index in [1.165, 1.54) is 0 Å². The van der Waals surface area contributed by atoms with Gasteiger partial charge in [-0.15, -0.1) is 0 Å². The van der Waals surface area contributed by atoms with E-state index >= 15 is 0 Å². The molecule has 1 heterocycles. The van der Waals surface area contributed by atoms with Gasteiger partial charge in [0.2, 0.25) is 0 Å². The van der Waals surface area contributed by atoms with E-state index in [0.717, 1.165) is 45.2 Å². The monoisotopic (exact) mass is 212 g/mol. The minimum Gasteiger partial charge on any atom is -0.393 e. The smallest absolute Gasteiger partial charge is 0.319 e. The molecule has 4 heteroatoms. The summed E-state index contributed by atoms with van der Waals surface area (Å²) in [5, 5.41) is 9.43. The van der Waals surface area contributed by atoms with E-state index in [0.29, 0.717) is 6.04 Å². The third kappa shape index (κ3) is 2.25. The van der Waals surface area contributed by atoms with Crippen LogP contribution in [0.5, 0.6) is 0 Å². The Kier molecular flexibility index (Phi) is 3.14. The van der Waals surface area contributed by atoms with Crippen LogP contribution in [-0.4, -0.2) is 53.2 Å². The van der Waals surface area contributed by atoms with E-state index in [1.807, 2.05) is 11.9 Å². The van der Waals surface area contributed by atoms with Crippen LogP contribution in [0.1, 0.15) is 32.1 Å². The topological polar surface area (TPSA) is 43.8 Å². The molecule has 2 aliphatic rings. The Morgan fingerprint density at radius 2 is 1.87 bits per heavy atom. The summed E-state index contributed by atoms with van der Waals surface area (Å²) in [7, 11) is 1.87. The van der Waals surface area contributed by atoms with Crippen molar-refractivity contribution in [2.75, 3.05) is 20.1 Å². The van der Waals surface area contributed by atoms with Crippen molar-refractivity contribution in [3.8, 4) is 0 Å². The molecule has 0 bridgehead atoms. The molecule has 0 unspecified atom stereocenters. The lowest BCUT2D eigenvalue weighted by atomic mass is 9.91. The van der Waals surface area contributed by atoms with Gasteiger partial charge in [-0.1, -0.05) is 0 Å². The van der Waals surface area contributed by atoms with Gasteiger partial charge in [0, 0.05) is 26.2 Å². The molecule has 1 aliphatic carbocycles. The van der Waals surface area contributed by atoms with E-state index in [-0.39, 0.29) is 12.1 Å². The SMILES string of the molecule is CN1CCCN(C2CCC(O)CC2)C1=O. The average Bonchev–Trinajstić information content (AvgIpc) is 2.24. The molecule has 15 heavy (non-hydrogen) atoms. The predicted octanol–water partition coefficient (Wildman–Crippen LogP) is 1.05. The number of carbonyl (C=O) groups is 1. The maximum atomic E-state index is 11.9. The molecule has 2 fully saturated rings. The minimum absolute atomic E-state index is 0.140. The van der Waals surface area contributed by atoms with Crippen LogP contribution in [0, 0.1) is 0 Å². The predicted molar refractivity (Wildman–Crippen MR) is 57.6 cm³/mol. The molecule has 1 saturated heterocycles. The van der Waals surface area contributed by atoms with Crippen molar-refractivity contribution in [2.24, 2.45) is 0 Å². The van der Waals surface area contributed by atoms with Gasteiger partial charge in [-0.05, 0) is 32.1 Å². The third-order valence-corrected chi connectivity index (χ3v) is 3.57. The van der Waals surface area contributed by atoms with Crippen molar-refractivity contribution < 1.29 is 9.90 Å². The number of rotatable bonds is 1. The summed E-state index contributed by atoms with van der Waals surface area (Å²) in [4.78, 5) is 15.7. The van der Waals surface area contributed by atoms with Crippen LogP contribution >= 0.6 is 0 Å². The van der Waals surface area contributed by atoms with Gasteiger partial charge in [0.25, 0.3) is 0 Å². The van der Waals surface area contributed by atoms with Crippen LogP contribution in [0.3, 0.4) is 0 Å². The van der Waals surface area contributed by atoms with Gasteiger partial charge in [-0.25, -0.2) is 4.79 Å². The van der Waals surface area contributed by atoms with Crippen LogP contribution < -0.4 is 0 Å². The molecule has 2 amide bonds. The Labute approximate surface area is 90.9 Å². The van der Waals surface area contributed by atoms with Crippen LogP contribution in [0.25, 0.3) is 0 Å². The molecule has 0 spiro atoms. The molecule has 0 aromatic heterocycles. The number of urea groups is 1. The molecule has 1 saturated carbocycles. The van der Waals surface area contributed by atoms with Gasteiger partial charge < -0.3 is 14.9 Å². The molecule has 2 rings (SSSR count). The van der Waals surface area contributed by atoms with E-state index in [1.54, 1.807) is 4.90 Å². The molecule has 0 atom stereocenters. The quantitative estimate of drug-likeness (QED) is 0.706. The molecular weight excluding hydrogens is 192 g/mol. The summed E-state index contributed by atoms with van der Waals surface area (Å²) in [6, 6.07) is 0.534. The first kappa shape index (κ1) is 10.7. The Morgan fingerprint density at radius 1 is 1.20 bits per heavy atom. The van der Waals surface area contributed by atoms with Gasteiger partial charge in [0.1, 0.15) is 0 Å². The first-order valence-electron chi connectivity index (χ1n) is 5.88. The van der Waals surface area contributed by atoms with Gasteiger partial charge >= 0.3 is 6.03 Å². The highest BCUT2D eigenvalue weighted by Gasteiger charge is 2.31. The maximum Gasteiger partial charge on any atom is 0.319 e. The number of amides is 2. The Bertz CT molecular complexity index is 237. The standard InChI is InChI=1S/C11H20N2O2/c1-12-7-2-8-13(11(12)15)9-3-5-10(14)6-4-9/h9-10,14H,2-8H2,1H3. The lowest BCUT2D eigenvalue weighted by Gasteiger charge is -2.41. The molecule has 1 N–H and O–H groups in total. The lowest BCUT2D eigenvalue weighted by molar-refractivity contribution is 0.0652. The van der Waals surface area contributed by atoms with Crippen molar-refractivity contribution in [1.29, 1.82) is 0 Å². The summed E-state index contributed by atoms with van der Waals surface area (Å²) in [5.41, 5.74) is 0. The summed E-state index contributed by atoms with van der Waals surface area (Å²) in [6.45, 7) is 1.77. The summed E-state index contributed by atoms with van der Waals surface area (Å²) >= 11 is 0. The lowest BCUT2D eigenvalue weighted by Crippen LogP contribution is -2.52. The van der Waals surface area contributed by atoms with Crippen molar-refractivity contribution in [3.63, 3.8) is 0 Å². The maximum absolute atomic E-state index is 11.9. The summed E-state index contributed by atoms with van der Waals surface area (Å²) in [6.07, 6.45) is 4.54. The first-order valence-corrected chi connectivity index (χ1v) is 5.88. The summed E-state index contributed by atoms with van der Waals surface area (Å²) in [5.74, 6) is 0. The Hall–Kier alpha value is -0.770. The van der Waals surface area contributed by atoms with Crippen molar-refractivity contribution in [1.82, 2.24) is 9.80 Å². The Morgan fingerprint density at radius 3 is 2.53 bits per heavy atom. The highest BCUT2D eigenvalue weighted by atomic mass is 16.3. The normalized spacial score (nSPS) is 33.3. The Balaban J connectivity index is 1.94. The second kappa shape index (κ2) is 4.39.